The van der Waals surface area contributed by atoms with Gasteiger partial charge >= 0.3 is 11.7 Å². The van der Waals surface area contributed by atoms with Crippen molar-refractivity contribution in [3.05, 3.63) is 103 Å². The normalized spacial score (nSPS) is 15.6. The molecule has 0 unspecified atom stereocenters. The maximum atomic E-state index is 14.0. The minimum atomic E-state index is -1.45. The number of carboxylic acids is 1. The number of hydrogen-bond donors (Lipinski definition) is 2. The summed E-state index contributed by atoms with van der Waals surface area (Å²) in [6, 6.07) is 7.42. The van der Waals surface area contributed by atoms with Crippen LogP contribution in [0.1, 0.15) is 39.5 Å². The third-order valence-electron chi connectivity index (χ3n) is 6.05. The van der Waals surface area contributed by atoms with Crippen molar-refractivity contribution >= 4 is 11.9 Å². The van der Waals surface area contributed by atoms with Crippen LogP contribution in [0.15, 0.2) is 58.3 Å². The molecule has 2 atom stereocenters. The Balaban J connectivity index is 1.65. The number of carbonyl (C=O) groups is 2. The summed E-state index contributed by atoms with van der Waals surface area (Å²) in [5, 5.41) is 11.9. The minimum absolute atomic E-state index is 0.144. The van der Waals surface area contributed by atoms with E-state index < -0.39 is 52.4 Å². The molecule has 0 saturated carbocycles. The molecular formula is C24H21F2N3O5. The van der Waals surface area contributed by atoms with E-state index in [9.17, 15) is 33.1 Å². The van der Waals surface area contributed by atoms with E-state index in [2.05, 4.69) is 5.32 Å². The van der Waals surface area contributed by atoms with Crippen molar-refractivity contribution in [2.75, 3.05) is 0 Å². The average molecular weight is 469 g/mol. The Hall–Kier alpha value is -4.08. The molecule has 0 radical (unpaired) electrons. The lowest BCUT2D eigenvalue weighted by molar-refractivity contribution is -0.139. The van der Waals surface area contributed by atoms with E-state index in [0.717, 1.165) is 29.3 Å². The number of halogens is 2. The summed E-state index contributed by atoms with van der Waals surface area (Å²) in [6.07, 6.45) is 2.21. The number of nitrogens with one attached hydrogen (secondary N) is 1. The number of amides is 1. The predicted octanol–water partition coefficient (Wildman–Crippen LogP) is 1.79. The van der Waals surface area contributed by atoms with E-state index in [0.29, 0.717) is 18.4 Å². The fourth-order valence-electron chi connectivity index (χ4n) is 4.40. The van der Waals surface area contributed by atoms with Crippen molar-refractivity contribution in [3.63, 3.8) is 0 Å². The highest BCUT2D eigenvalue weighted by Crippen LogP contribution is 2.35. The molecule has 0 bridgehead atoms. The van der Waals surface area contributed by atoms with Gasteiger partial charge in [0.25, 0.3) is 11.5 Å². The Morgan fingerprint density at radius 3 is 2.47 bits per heavy atom. The lowest BCUT2D eigenvalue weighted by Crippen LogP contribution is -2.43. The van der Waals surface area contributed by atoms with Crippen molar-refractivity contribution in [1.29, 1.82) is 0 Å². The molecule has 2 aromatic carbocycles. The number of rotatable bonds is 6. The summed E-state index contributed by atoms with van der Waals surface area (Å²) in [4.78, 5) is 49.3. The molecule has 10 heteroatoms. The van der Waals surface area contributed by atoms with Gasteiger partial charge in [-0.1, -0.05) is 24.3 Å². The third kappa shape index (κ3) is 4.14. The topological polar surface area (TPSA) is 110 Å². The van der Waals surface area contributed by atoms with E-state index in [1.807, 2.05) is 0 Å². The van der Waals surface area contributed by atoms with E-state index in [1.165, 1.54) is 21.4 Å². The lowest BCUT2D eigenvalue weighted by Gasteiger charge is -2.18. The summed E-state index contributed by atoms with van der Waals surface area (Å²) in [5.74, 6) is -4.74. The first kappa shape index (κ1) is 23.1. The fraction of sp³-hybridized carbons (Fsp3) is 0.250. The lowest BCUT2D eigenvalue weighted by atomic mass is 9.96. The first-order chi connectivity index (χ1) is 16.2. The molecule has 2 N–H and O–H groups in total. The maximum absolute atomic E-state index is 14.0. The van der Waals surface area contributed by atoms with Gasteiger partial charge in [-0.2, -0.15) is 0 Å². The van der Waals surface area contributed by atoms with Crippen LogP contribution in [0.5, 0.6) is 0 Å². The Bertz CT molecular complexity index is 1390. The van der Waals surface area contributed by atoms with Gasteiger partial charge in [-0.15, -0.1) is 0 Å². The second kappa shape index (κ2) is 9.05. The Morgan fingerprint density at radius 2 is 1.79 bits per heavy atom. The quantitative estimate of drug-likeness (QED) is 0.572. The first-order valence-corrected chi connectivity index (χ1v) is 10.6. The fourth-order valence-corrected chi connectivity index (χ4v) is 4.40. The number of aliphatic carboxylic acids is 1. The Kier molecular flexibility index (Phi) is 6.14. The summed E-state index contributed by atoms with van der Waals surface area (Å²) in [5.41, 5.74) is 0.350. The van der Waals surface area contributed by atoms with Gasteiger partial charge in [0.1, 0.15) is 23.2 Å². The van der Waals surface area contributed by atoms with Crippen LogP contribution in [0.4, 0.5) is 8.78 Å². The molecule has 0 aliphatic heterocycles. The zero-order chi connectivity index (χ0) is 24.6. The van der Waals surface area contributed by atoms with E-state index >= 15 is 0 Å². The van der Waals surface area contributed by atoms with Gasteiger partial charge in [0.2, 0.25) is 0 Å². The Morgan fingerprint density at radius 1 is 1.12 bits per heavy atom. The number of hydrogen-bond acceptors (Lipinski definition) is 4. The monoisotopic (exact) mass is 469 g/mol. The molecule has 8 nitrogen and oxygen atoms in total. The average Bonchev–Trinajstić information content (AvgIpc) is 3.21. The van der Waals surface area contributed by atoms with Crippen LogP contribution in [0.2, 0.25) is 0 Å². The maximum Gasteiger partial charge on any atom is 0.331 e. The molecular weight excluding hydrogens is 448 g/mol. The van der Waals surface area contributed by atoms with Crippen molar-refractivity contribution < 1.29 is 23.5 Å². The number of carboxylic acid groups (broad SMARTS) is 1. The van der Waals surface area contributed by atoms with Gasteiger partial charge < -0.3 is 15.0 Å². The summed E-state index contributed by atoms with van der Waals surface area (Å²) in [7, 11) is 1.54. The van der Waals surface area contributed by atoms with Crippen LogP contribution in [0, 0.1) is 11.6 Å². The minimum Gasteiger partial charge on any atom is -0.480 e. The smallest absolute Gasteiger partial charge is 0.331 e. The summed E-state index contributed by atoms with van der Waals surface area (Å²) >= 11 is 0. The Labute approximate surface area is 192 Å². The molecule has 0 fully saturated rings. The van der Waals surface area contributed by atoms with Crippen molar-refractivity contribution in [2.45, 2.75) is 31.3 Å². The number of aryl methyl sites for hydroxylation is 1. The highest BCUT2D eigenvalue weighted by Gasteiger charge is 2.31. The molecule has 1 aliphatic carbocycles. The van der Waals surface area contributed by atoms with Gasteiger partial charge in [0.15, 0.2) is 0 Å². The van der Waals surface area contributed by atoms with Gasteiger partial charge in [0.05, 0.1) is 6.04 Å². The zero-order valence-electron chi connectivity index (χ0n) is 18.1. The molecule has 0 saturated heterocycles. The number of benzene rings is 2. The molecule has 4 rings (SSSR count). The molecule has 1 amide bonds. The van der Waals surface area contributed by atoms with Crippen molar-refractivity contribution in [1.82, 2.24) is 14.5 Å². The van der Waals surface area contributed by atoms with Crippen molar-refractivity contribution in [2.24, 2.45) is 7.05 Å². The summed E-state index contributed by atoms with van der Waals surface area (Å²) in [6.45, 7) is 0. The van der Waals surface area contributed by atoms with E-state index in [1.54, 1.807) is 25.2 Å². The number of nitrogens with zero attached hydrogens (tertiary/aromatic N) is 2. The van der Waals surface area contributed by atoms with Crippen LogP contribution < -0.4 is 16.6 Å². The van der Waals surface area contributed by atoms with E-state index in [4.69, 9.17) is 0 Å². The highest BCUT2D eigenvalue weighted by molar-refractivity contribution is 5.97. The van der Waals surface area contributed by atoms with Gasteiger partial charge in [-0.05, 0) is 41.7 Å². The largest absolute Gasteiger partial charge is 0.480 e. The molecule has 1 aliphatic rings. The van der Waals surface area contributed by atoms with Crippen LogP contribution in [0.25, 0.3) is 0 Å². The van der Waals surface area contributed by atoms with Crippen LogP contribution in [-0.2, 0) is 24.7 Å². The van der Waals surface area contributed by atoms with Crippen LogP contribution in [-0.4, -0.2) is 32.2 Å². The summed E-state index contributed by atoms with van der Waals surface area (Å²) < 4.78 is 30.4. The molecule has 34 heavy (non-hydrogen) atoms. The molecule has 3 aromatic rings. The standard InChI is InChI=1S/C24H21F2N3O5/c1-28-11-10-20(30)29(24(28)34)19-9-8-14-13(4-2-5-15(14)19)12-18(23(32)33)27-22(31)21-16(25)6-3-7-17(21)26/h2-7,10-11,18-19H,8-9,12H2,1H3,(H,27,31)(H,32,33)/t18-,19-/m0/s1. The van der Waals surface area contributed by atoms with Gasteiger partial charge in [0, 0.05) is 25.7 Å². The third-order valence-corrected chi connectivity index (χ3v) is 6.05. The molecule has 176 valence electrons. The number of fused-ring (bicyclic) bond motifs is 1. The number of carbonyl (C=O) groups excluding carboxylic acids is 1. The van der Waals surface area contributed by atoms with E-state index in [-0.39, 0.29) is 6.42 Å². The zero-order valence-corrected chi connectivity index (χ0v) is 18.1. The predicted molar refractivity (Wildman–Crippen MR) is 118 cm³/mol. The highest BCUT2D eigenvalue weighted by atomic mass is 19.1. The number of aromatic nitrogens is 2. The second-order valence-corrected chi connectivity index (χ2v) is 8.12. The molecule has 1 heterocycles. The van der Waals surface area contributed by atoms with Crippen LogP contribution in [0.3, 0.4) is 0 Å². The first-order valence-electron chi connectivity index (χ1n) is 10.6. The van der Waals surface area contributed by atoms with Crippen molar-refractivity contribution in [3.8, 4) is 0 Å². The molecule has 0 spiro atoms. The van der Waals surface area contributed by atoms with Gasteiger partial charge in [-0.25, -0.2) is 18.4 Å². The van der Waals surface area contributed by atoms with Gasteiger partial charge in [-0.3, -0.25) is 14.2 Å². The SMILES string of the molecule is Cn1ccc(=O)n([C@H]2CCc3c(C[C@H](NC(=O)c4c(F)cccc4F)C(=O)O)cccc32)c1=O. The molecule has 1 aromatic heterocycles. The van der Waals surface area contributed by atoms with Crippen LogP contribution >= 0.6 is 0 Å². The second-order valence-electron chi connectivity index (χ2n) is 8.12.